The lowest BCUT2D eigenvalue weighted by atomic mass is 10.1. The summed E-state index contributed by atoms with van der Waals surface area (Å²) in [7, 11) is 0. The Morgan fingerprint density at radius 3 is 2.79 bits per heavy atom. The van der Waals surface area contributed by atoms with Gasteiger partial charge in [-0.05, 0) is 18.6 Å². The number of benzene rings is 1. The van der Waals surface area contributed by atoms with Gasteiger partial charge < -0.3 is 5.32 Å². The van der Waals surface area contributed by atoms with Gasteiger partial charge in [-0.15, -0.1) is 0 Å². The van der Waals surface area contributed by atoms with Crippen LogP contribution in [-0.2, 0) is 4.79 Å². The van der Waals surface area contributed by atoms with Crippen LogP contribution in [0.2, 0.25) is 0 Å². The summed E-state index contributed by atoms with van der Waals surface area (Å²) in [5, 5.41) is 10.0. The molecule has 0 saturated carbocycles. The van der Waals surface area contributed by atoms with Gasteiger partial charge >= 0.3 is 0 Å². The average Bonchev–Trinajstić information content (AvgIpc) is 2.83. The van der Waals surface area contributed by atoms with E-state index in [2.05, 4.69) is 15.5 Å². The van der Waals surface area contributed by atoms with E-state index >= 15 is 0 Å². The molecule has 1 aromatic heterocycles. The number of hydrogen-bond acceptors (Lipinski definition) is 3. The maximum atomic E-state index is 11.2. The second kappa shape index (κ2) is 4.97. The molecule has 2 aromatic rings. The van der Waals surface area contributed by atoms with E-state index in [1.54, 1.807) is 0 Å². The fraction of sp³-hybridized carbons (Fsp3) is 0.308. The fourth-order valence-corrected chi connectivity index (χ4v) is 2.66. The summed E-state index contributed by atoms with van der Waals surface area (Å²) in [4.78, 5) is 11.2. The number of amides is 1. The molecule has 1 aliphatic rings. The SMILES string of the molecule is O=C1CCC(n2c(-c3ccccc3)n[nH]c2=S)CN1. The van der Waals surface area contributed by atoms with Crippen LogP contribution in [0.3, 0.4) is 0 Å². The highest BCUT2D eigenvalue weighted by molar-refractivity contribution is 7.71. The van der Waals surface area contributed by atoms with Crippen molar-refractivity contribution in [3.63, 3.8) is 0 Å². The minimum atomic E-state index is 0.104. The molecular formula is C13H14N4OS. The lowest BCUT2D eigenvalue weighted by Gasteiger charge is -2.24. The molecule has 0 bridgehead atoms. The van der Waals surface area contributed by atoms with Crippen molar-refractivity contribution in [2.24, 2.45) is 0 Å². The minimum Gasteiger partial charge on any atom is -0.354 e. The normalized spacial score (nSPS) is 19.2. The standard InChI is InChI=1S/C13H14N4OS/c18-11-7-6-10(8-14-11)17-12(15-16-13(17)19)9-4-2-1-3-5-9/h1-5,10H,6-8H2,(H,14,18)(H,16,19). The molecule has 1 fully saturated rings. The Morgan fingerprint density at radius 1 is 1.32 bits per heavy atom. The molecule has 1 saturated heterocycles. The number of piperidine rings is 1. The molecule has 1 aromatic carbocycles. The van der Waals surface area contributed by atoms with Crippen molar-refractivity contribution in [2.45, 2.75) is 18.9 Å². The molecule has 5 nitrogen and oxygen atoms in total. The zero-order valence-corrected chi connectivity index (χ0v) is 11.1. The first-order valence-corrected chi connectivity index (χ1v) is 6.65. The topological polar surface area (TPSA) is 62.7 Å². The second-order valence-corrected chi connectivity index (χ2v) is 4.97. The maximum Gasteiger partial charge on any atom is 0.220 e. The molecule has 0 aliphatic carbocycles. The van der Waals surface area contributed by atoms with Gasteiger partial charge in [0.15, 0.2) is 10.6 Å². The third kappa shape index (κ3) is 2.31. The van der Waals surface area contributed by atoms with E-state index in [1.807, 2.05) is 34.9 Å². The molecule has 2 N–H and O–H groups in total. The van der Waals surface area contributed by atoms with Crippen molar-refractivity contribution in [1.29, 1.82) is 0 Å². The molecule has 1 aliphatic heterocycles. The third-order valence-electron chi connectivity index (χ3n) is 3.34. The van der Waals surface area contributed by atoms with Crippen LogP contribution in [-0.4, -0.2) is 27.2 Å². The molecule has 19 heavy (non-hydrogen) atoms. The highest BCUT2D eigenvalue weighted by atomic mass is 32.1. The van der Waals surface area contributed by atoms with Gasteiger partial charge in [0, 0.05) is 18.5 Å². The summed E-state index contributed by atoms with van der Waals surface area (Å²) in [5.74, 6) is 0.930. The molecule has 0 spiro atoms. The molecule has 1 amide bonds. The molecule has 1 atom stereocenters. The first-order chi connectivity index (χ1) is 9.25. The van der Waals surface area contributed by atoms with Crippen molar-refractivity contribution in [1.82, 2.24) is 20.1 Å². The van der Waals surface area contributed by atoms with Crippen LogP contribution >= 0.6 is 12.2 Å². The van der Waals surface area contributed by atoms with Crippen LogP contribution < -0.4 is 5.32 Å². The highest BCUT2D eigenvalue weighted by Gasteiger charge is 2.23. The summed E-state index contributed by atoms with van der Waals surface area (Å²) in [6.07, 6.45) is 1.32. The van der Waals surface area contributed by atoms with Crippen molar-refractivity contribution in [2.75, 3.05) is 6.54 Å². The Bertz CT molecular complexity index is 636. The van der Waals surface area contributed by atoms with E-state index in [0.717, 1.165) is 17.8 Å². The van der Waals surface area contributed by atoms with Crippen molar-refractivity contribution in [3.05, 3.63) is 35.1 Å². The van der Waals surface area contributed by atoms with Crippen LogP contribution in [0, 0.1) is 4.77 Å². The van der Waals surface area contributed by atoms with Crippen LogP contribution in [0.25, 0.3) is 11.4 Å². The van der Waals surface area contributed by atoms with Crippen molar-refractivity contribution >= 4 is 18.1 Å². The zero-order valence-electron chi connectivity index (χ0n) is 10.3. The van der Waals surface area contributed by atoms with Crippen molar-refractivity contribution < 1.29 is 4.79 Å². The molecule has 98 valence electrons. The van der Waals surface area contributed by atoms with E-state index in [0.29, 0.717) is 17.7 Å². The van der Waals surface area contributed by atoms with Crippen LogP contribution in [0.5, 0.6) is 0 Å². The van der Waals surface area contributed by atoms with E-state index in [-0.39, 0.29) is 11.9 Å². The molecule has 1 unspecified atom stereocenters. The monoisotopic (exact) mass is 274 g/mol. The van der Waals surface area contributed by atoms with Gasteiger partial charge in [-0.1, -0.05) is 30.3 Å². The van der Waals surface area contributed by atoms with E-state index in [4.69, 9.17) is 12.2 Å². The van der Waals surface area contributed by atoms with Crippen LogP contribution in [0.1, 0.15) is 18.9 Å². The van der Waals surface area contributed by atoms with E-state index in [9.17, 15) is 4.79 Å². The number of carbonyl (C=O) groups is 1. The molecular weight excluding hydrogens is 260 g/mol. The van der Waals surface area contributed by atoms with Crippen molar-refractivity contribution in [3.8, 4) is 11.4 Å². The number of H-pyrrole nitrogens is 1. The largest absolute Gasteiger partial charge is 0.354 e. The number of carbonyl (C=O) groups excluding carboxylic acids is 1. The number of aromatic nitrogens is 3. The van der Waals surface area contributed by atoms with E-state index in [1.165, 1.54) is 0 Å². The number of nitrogens with one attached hydrogen (secondary N) is 2. The Morgan fingerprint density at radius 2 is 2.11 bits per heavy atom. The quantitative estimate of drug-likeness (QED) is 0.824. The Balaban J connectivity index is 2.00. The van der Waals surface area contributed by atoms with Gasteiger partial charge in [0.2, 0.25) is 5.91 Å². The van der Waals surface area contributed by atoms with Gasteiger partial charge in [0.25, 0.3) is 0 Å². The lowest BCUT2D eigenvalue weighted by molar-refractivity contribution is -0.122. The summed E-state index contributed by atoms with van der Waals surface area (Å²) >= 11 is 5.32. The van der Waals surface area contributed by atoms with Gasteiger partial charge in [-0.3, -0.25) is 14.5 Å². The summed E-state index contributed by atoms with van der Waals surface area (Å²) in [6, 6.07) is 10.1. The number of rotatable bonds is 2. The summed E-state index contributed by atoms with van der Waals surface area (Å²) in [5.41, 5.74) is 1.02. The Labute approximate surface area is 115 Å². The Hall–Kier alpha value is -1.95. The van der Waals surface area contributed by atoms with Crippen LogP contribution in [0.15, 0.2) is 30.3 Å². The van der Waals surface area contributed by atoms with Gasteiger partial charge in [-0.2, -0.15) is 5.10 Å². The first kappa shape index (κ1) is 12.1. The van der Waals surface area contributed by atoms with E-state index < -0.39 is 0 Å². The predicted molar refractivity (Wildman–Crippen MR) is 74.1 cm³/mol. The van der Waals surface area contributed by atoms with Gasteiger partial charge in [0.1, 0.15) is 0 Å². The van der Waals surface area contributed by atoms with Crippen LogP contribution in [0.4, 0.5) is 0 Å². The third-order valence-corrected chi connectivity index (χ3v) is 3.63. The number of aromatic amines is 1. The Kier molecular flexibility index (Phi) is 3.16. The molecule has 6 heteroatoms. The number of hydrogen-bond donors (Lipinski definition) is 2. The smallest absolute Gasteiger partial charge is 0.220 e. The minimum absolute atomic E-state index is 0.104. The zero-order chi connectivity index (χ0) is 13.2. The average molecular weight is 274 g/mol. The fourth-order valence-electron chi connectivity index (χ4n) is 2.37. The number of nitrogens with zero attached hydrogens (tertiary/aromatic N) is 2. The molecule has 2 heterocycles. The second-order valence-electron chi connectivity index (χ2n) is 4.58. The highest BCUT2D eigenvalue weighted by Crippen LogP contribution is 2.24. The van der Waals surface area contributed by atoms with Gasteiger partial charge in [0.05, 0.1) is 6.04 Å². The predicted octanol–water partition coefficient (Wildman–Crippen LogP) is 2.06. The molecule has 3 rings (SSSR count). The molecule has 0 radical (unpaired) electrons. The summed E-state index contributed by atoms with van der Waals surface area (Å²) < 4.78 is 2.60. The maximum absolute atomic E-state index is 11.2. The first-order valence-electron chi connectivity index (χ1n) is 6.25. The summed E-state index contributed by atoms with van der Waals surface area (Å²) in [6.45, 7) is 0.604. The lowest BCUT2D eigenvalue weighted by Crippen LogP contribution is -2.36. The van der Waals surface area contributed by atoms with Gasteiger partial charge in [-0.25, -0.2) is 0 Å².